The smallest absolute Gasteiger partial charge is 0.341 e. The second-order valence-electron chi connectivity index (χ2n) is 10.8. The number of fused-ring (bicyclic) bond motifs is 2. The fraction of sp³-hybridized carbons (Fsp3) is 0.194. The van der Waals surface area contributed by atoms with E-state index >= 15 is 0 Å². The number of nitrogens with zero attached hydrogens (tertiary/aromatic N) is 1. The van der Waals surface area contributed by atoms with Gasteiger partial charge in [0.2, 0.25) is 5.91 Å². The Morgan fingerprint density at radius 2 is 1.69 bits per heavy atom. The molecule has 1 aliphatic heterocycles. The van der Waals surface area contributed by atoms with Crippen molar-refractivity contribution in [1.29, 1.82) is 0 Å². The molecule has 0 radical (unpaired) electrons. The first-order valence-corrected chi connectivity index (χ1v) is 16.7. The Kier molecular flexibility index (Phi) is 9.59. The third-order valence-corrected chi connectivity index (χ3v) is 9.72. The molecule has 0 spiro atoms. The van der Waals surface area contributed by atoms with E-state index in [2.05, 4.69) is 27.7 Å². The highest BCUT2D eigenvalue weighted by atomic mass is 32.2. The van der Waals surface area contributed by atoms with Crippen LogP contribution in [0.3, 0.4) is 0 Å². The summed E-state index contributed by atoms with van der Waals surface area (Å²) < 4.78 is 5.39. The number of ether oxygens (including phenoxy) is 1. The predicted molar refractivity (Wildman–Crippen MR) is 182 cm³/mol. The van der Waals surface area contributed by atoms with E-state index in [0.29, 0.717) is 28.4 Å². The summed E-state index contributed by atoms with van der Waals surface area (Å²) in [5, 5.41) is 8.58. The van der Waals surface area contributed by atoms with Gasteiger partial charge in [0.1, 0.15) is 5.00 Å². The Balaban J connectivity index is 1.10. The molecule has 1 aromatic heterocycles. The van der Waals surface area contributed by atoms with E-state index in [1.54, 1.807) is 6.92 Å². The van der Waals surface area contributed by atoms with E-state index in [-0.39, 0.29) is 24.2 Å². The molecule has 45 heavy (non-hydrogen) atoms. The average Bonchev–Trinajstić information content (AvgIpc) is 3.41. The van der Waals surface area contributed by atoms with Gasteiger partial charge < -0.3 is 15.4 Å². The zero-order chi connectivity index (χ0) is 31.2. The minimum atomic E-state index is -0.399. The SMILES string of the molecule is CCOC(=O)c1c(NC(=O)CSc2cccc(NC(=O)c3ccc4ccccc4c3)c2)sc2c1CCN(Cc1ccccc1)C2. The lowest BCUT2D eigenvalue weighted by atomic mass is 10.0. The number of hydrogen-bond donors (Lipinski definition) is 2. The molecule has 2 amide bonds. The van der Waals surface area contributed by atoms with Crippen LogP contribution in [-0.4, -0.2) is 41.6 Å². The zero-order valence-electron chi connectivity index (χ0n) is 24.9. The lowest BCUT2D eigenvalue weighted by Gasteiger charge is -2.27. The lowest BCUT2D eigenvalue weighted by molar-refractivity contribution is -0.113. The standard InChI is InChI=1S/C36H33N3O4S2/c1-2-43-36(42)33-30-17-18-39(21-24-9-4-3-5-10-24)22-31(30)45-35(33)38-32(40)23-44-29-14-8-13-28(20-29)37-34(41)27-16-15-25-11-6-7-12-26(25)19-27/h3-16,19-20H,2,17-18,21-23H2,1H3,(H,37,41)(H,38,40). The average molecular weight is 636 g/mol. The Morgan fingerprint density at radius 3 is 2.51 bits per heavy atom. The number of esters is 1. The summed E-state index contributed by atoms with van der Waals surface area (Å²) in [6.07, 6.45) is 0.717. The number of carbonyl (C=O) groups is 3. The monoisotopic (exact) mass is 635 g/mol. The number of amides is 2. The molecule has 6 rings (SSSR count). The number of thiophene rings is 1. The zero-order valence-corrected chi connectivity index (χ0v) is 26.5. The fourth-order valence-corrected chi connectivity index (χ4v) is 7.50. The molecule has 2 heterocycles. The second kappa shape index (κ2) is 14.1. The summed E-state index contributed by atoms with van der Waals surface area (Å²) in [5.41, 5.74) is 3.92. The molecule has 0 bridgehead atoms. The molecule has 9 heteroatoms. The Morgan fingerprint density at radius 1 is 0.889 bits per heavy atom. The van der Waals surface area contributed by atoms with Gasteiger partial charge in [-0.3, -0.25) is 14.5 Å². The topological polar surface area (TPSA) is 87.7 Å². The molecular formula is C36H33N3O4S2. The van der Waals surface area contributed by atoms with Gasteiger partial charge in [-0.1, -0.05) is 66.7 Å². The van der Waals surface area contributed by atoms with Crippen LogP contribution in [0.4, 0.5) is 10.7 Å². The Hall–Kier alpha value is -4.44. The minimum absolute atomic E-state index is 0.146. The van der Waals surface area contributed by atoms with Crippen LogP contribution in [0, 0.1) is 0 Å². The molecule has 5 aromatic rings. The molecular weight excluding hydrogens is 603 g/mol. The Labute approximate surface area is 270 Å². The number of benzene rings is 4. The van der Waals surface area contributed by atoms with Crippen LogP contribution >= 0.6 is 23.1 Å². The van der Waals surface area contributed by atoms with Crippen LogP contribution in [0.5, 0.6) is 0 Å². The number of carbonyl (C=O) groups excluding carboxylic acids is 3. The first-order chi connectivity index (χ1) is 22.0. The number of hydrogen-bond acceptors (Lipinski definition) is 7. The highest BCUT2D eigenvalue weighted by Crippen LogP contribution is 2.38. The molecule has 0 aliphatic carbocycles. The van der Waals surface area contributed by atoms with Crippen molar-refractivity contribution in [2.24, 2.45) is 0 Å². The fourth-order valence-electron chi connectivity index (χ4n) is 5.45. The summed E-state index contributed by atoms with van der Waals surface area (Å²) in [7, 11) is 0. The van der Waals surface area contributed by atoms with Gasteiger partial charge in [0.25, 0.3) is 5.91 Å². The summed E-state index contributed by atoms with van der Waals surface area (Å²) >= 11 is 2.82. The maximum Gasteiger partial charge on any atom is 0.341 e. The second-order valence-corrected chi connectivity index (χ2v) is 12.9. The highest BCUT2D eigenvalue weighted by Gasteiger charge is 2.29. The molecule has 4 aromatic carbocycles. The van der Waals surface area contributed by atoms with E-state index in [1.807, 2.05) is 84.9 Å². The first-order valence-electron chi connectivity index (χ1n) is 14.9. The number of nitrogens with one attached hydrogen (secondary N) is 2. The molecule has 0 fully saturated rings. The van der Waals surface area contributed by atoms with Gasteiger partial charge in [0, 0.05) is 40.7 Å². The third-order valence-electron chi connectivity index (χ3n) is 7.59. The molecule has 0 saturated heterocycles. The van der Waals surface area contributed by atoms with Crippen molar-refractivity contribution in [3.8, 4) is 0 Å². The van der Waals surface area contributed by atoms with Crippen LogP contribution in [0.25, 0.3) is 10.8 Å². The van der Waals surface area contributed by atoms with Crippen molar-refractivity contribution in [1.82, 2.24) is 4.90 Å². The van der Waals surface area contributed by atoms with Crippen LogP contribution in [0.15, 0.2) is 102 Å². The molecule has 1 aliphatic rings. The van der Waals surface area contributed by atoms with Crippen molar-refractivity contribution < 1.29 is 19.1 Å². The van der Waals surface area contributed by atoms with Crippen molar-refractivity contribution in [2.75, 3.05) is 29.5 Å². The summed E-state index contributed by atoms with van der Waals surface area (Å²) in [6, 6.07) is 31.3. The van der Waals surface area contributed by atoms with Gasteiger partial charge in [-0.2, -0.15) is 0 Å². The molecule has 0 unspecified atom stereocenters. The number of anilines is 2. The molecule has 0 saturated carbocycles. The lowest BCUT2D eigenvalue weighted by Crippen LogP contribution is -2.30. The van der Waals surface area contributed by atoms with E-state index in [1.165, 1.54) is 28.7 Å². The van der Waals surface area contributed by atoms with Gasteiger partial charge >= 0.3 is 5.97 Å². The Bertz CT molecular complexity index is 1850. The van der Waals surface area contributed by atoms with Crippen molar-refractivity contribution >= 4 is 62.3 Å². The number of thioether (sulfide) groups is 1. The van der Waals surface area contributed by atoms with Crippen molar-refractivity contribution in [3.05, 3.63) is 124 Å². The van der Waals surface area contributed by atoms with E-state index in [4.69, 9.17) is 4.74 Å². The molecule has 0 atom stereocenters. The molecule has 2 N–H and O–H groups in total. The van der Waals surface area contributed by atoms with Gasteiger partial charge in [-0.15, -0.1) is 23.1 Å². The molecule has 7 nitrogen and oxygen atoms in total. The molecule has 228 valence electrons. The predicted octanol–water partition coefficient (Wildman–Crippen LogP) is 7.62. The maximum absolute atomic E-state index is 13.1. The van der Waals surface area contributed by atoms with Gasteiger partial charge in [-0.05, 0) is 65.6 Å². The third kappa shape index (κ3) is 7.45. The highest BCUT2D eigenvalue weighted by molar-refractivity contribution is 8.00. The van der Waals surface area contributed by atoms with Gasteiger partial charge in [0.05, 0.1) is 17.9 Å². The van der Waals surface area contributed by atoms with Crippen LogP contribution < -0.4 is 10.6 Å². The summed E-state index contributed by atoms with van der Waals surface area (Å²) in [5.74, 6) is -0.663. The largest absolute Gasteiger partial charge is 0.462 e. The maximum atomic E-state index is 13.1. The van der Waals surface area contributed by atoms with Crippen LogP contribution in [0.1, 0.15) is 43.6 Å². The normalized spacial score (nSPS) is 12.8. The van der Waals surface area contributed by atoms with Crippen LogP contribution in [-0.2, 0) is 29.0 Å². The quantitative estimate of drug-likeness (QED) is 0.121. The van der Waals surface area contributed by atoms with Crippen molar-refractivity contribution in [2.45, 2.75) is 31.3 Å². The summed E-state index contributed by atoms with van der Waals surface area (Å²) in [6.45, 7) is 4.41. The van der Waals surface area contributed by atoms with Crippen LogP contribution in [0.2, 0.25) is 0 Å². The number of rotatable bonds is 10. The summed E-state index contributed by atoms with van der Waals surface area (Å²) in [4.78, 5) is 43.4. The van der Waals surface area contributed by atoms with E-state index < -0.39 is 5.97 Å². The van der Waals surface area contributed by atoms with E-state index in [9.17, 15) is 14.4 Å². The van der Waals surface area contributed by atoms with Gasteiger partial charge in [-0.25, -0.2) is 4.79 Å². The van der Waals surface area contributed by atoms with E-state index in [0.717, 1.165) is 45.6 Å². The minimum Gasteiger partial charge on any atom is -0.462 e. The van der Waals surface area contributed by atoms with Crippen molar-refractivity contribution in [3.63, 3.8) is 0 Å². The van der Waals surface area contributed by atoms with Gasteiger partial charge in [0.15, 0.2) is 0 Å². The first kappa shape index (κ1) is 30.6.